The van der Waals surface area contributed by atoms with Crippen molar-refractivity contribution in [1.29, 1.82) is 0 Å². The molecular weight excluding hydrogens is 220 g/mol. The fraction of sp³-hybridized carbons (Fsp3) is 0.333. The molecule has 0 bridgehead atoms. The SMILES string of the molecule is NCc1c(CC(=O)O)cc(C(F)F)nc1N. The normalized spacial score (nSPS) is 10.8. The fourth-order valence-electron chi connectivity index (χ4n) is 1.34. The van der Waals surface area contributed by atoms with Crippen LogP contribution in [0.2, 0.25) is 0 Å². The maximum atomic E-state index is 12.4. The second-order valence-corrected chi connectivity index (χ2v) is 3.15. The van der Waals surface area contributed by atoms with E-state index in [4.69, 9.17) is 16.6 Å². The summed E-state index contributed by atoms with van der Waals surface area (Å²) in [5.41, 5.74) is 10.7. The number of hydrogen-bond donors (Lipinski definition) is 3. The first kappa shape index (κ1) is 12.3. The predicted molar refractivity (Wildman–Crippen MR) is 52.8 cm³/mol. The molecule has 88 valence electrons. The number of carboxylic acids is 1. The van der Waals surface area contributed by atoms with Crippen LogP contribution in [0.3, 0.4) is 0 Å². The molecule has 5 N–H and O–H groups in total. The van der Waals surface area contributed by atoms with Crippen LogP contribution in [0.1, 0.15) is 23.2 Å². The van der Waals surface area contributed by atoms with Crippen molar-refractivity contribution in [2.24, 2.45) is 5.73 Å². The first-order chi connectivity index (χ1) is 7.45. The number of nitrogens with two attached hydrogens (primary N) is 2. The summed E-state index contributed by atoms with van der Waals surface area (Å²) in [6.45, 7) is -0.0367. The number of halogens is 2. The lowest BCUT2D eigenvalue weighted by molar-refractivity contribution is -0.136. The number of anilines is 1. The van der Waals surface area contributed by atoms with Gasteiger partial charge in [0.15, 0.2) is 0 Å². The van der Waals surface area contributed by atoms with Gasteiger partial charge in [-0.05, 0) is 11.6 Å². The predicted octanol–water partition coefficient (Wildman–Crippen LogP) is 0.687. The lowest BCUT2D eigenvalue weighted by Crippen LogP contribution is -2.12. The lowest BCUT2D eigenvalue weighted by Gasteiger charge is -2.10. The minimum absolute atomic E-state index is 0.0367. The second-order valence-electron chi connectivity index (χ2n) is 3.15. The molecule has 16 heavy (non-hydrogen) atoms. The Kier molecular flexibility index (Phi) is 3.73. The molecule has 0 aliphatic rings. The molecule has 0 atom stereocenters. The summed E-state index contributed by atoms with van der Waals surface area (Å²) in [7, 11) is 0. The molecule has 0 saturated carbocycles. The number of hydrogen-bond acceptors (Lipinski definition) is 4. The Bertz CT molecular complexity index is 410. The highest BCUT2D eigenvalue weighted by Crippen LogP contribution is 2.23. The number of aliphatic carboxylic acids is 1. The summed E-state index contributed by atoms with van der Waals surface area (Å²) in [4.78, 5) is 14.0. The number of nitrogen functional groups attached to an aromatic ring is 1. The molecule has 0 aliphatic carbocycles. The maximum Gasteiger partial charge on any atom is 0.307 e. The Morgan fingerprint density at radius 1 is 1.56 bits per heavy atom. The Labute approximate surface area is 90.1 Å². The molecule has 1 aromatic heterocycles. The van der Waals surface area contributed by atoms with Crippen LogP contribution >= 0.6 is 0 Å². The van der Waals surface area contributed by atoms with Crippen LogP contribution in [0.25, 0.3) is 0 Å². The van der Waals surface area contributed by atoms with Crippen molar-refractivity contribution in [2.75, 3.05) is 5.73 Å². The Hall–Kier alpha value is -1.76. The van der Waals surface area contributed by atoms with E-state index in [-0.39, 0.29) is 17.9 Å². The molecule has 0 spiro atoms. The number of rotatable bonds is 4. The van der Waals surface area contributed by atoms with E-state index in [0.717, 1.165) is 6.07 Å². The van der Waals surface area contributed by atoms with Gasteiger partial charge in [0.05, 0.1) is 6.42 Å². The van der Waals surface area contributed by atoms with Gasteiger partial charge in [-0.1, -0.05) is 0 Å². The standard InChI is InChI=1S/C9H11F2N3O2/c10-8(11)6-1-4(2-7(15)16)5(3-12)9(13)14-6/h1,8H,2-3,12H2,(H2,13,14)(H,15,16). The smallest absolute Gasteiger partial charge is 0.307 e. The first-order valence-electron chi connectivity index (χ1n) is 4.43. The summed E-state index contributed by atoms with van der Waals surface area (Å²) >= 11 is 0. The molecule has 1 rings (SSSR count). The van der Waals surface area contributed by atoms with E-state index in [1.54, 1.807) is 0 Å². The summed E-state index contributed by atoms with van der Waals surface area (Å²) in [5.74, 6) is -1.28. The van der Waals surface area contributed by atoms with E-state index in [0.29, 0.717) is 5.56 Å². The maximum absolute atomic E-state index is 12.4. The molecule has 1 aromatic rings. The average molecular weight is 231 g/mol. The van der Waals surface area contributed by atoms with Crippen LogP contribution in [0, 0.1) is 0 Å². The number of carboxylic acid groups (broad SMARTS) is 1. The van der Waals surface area contributed by atoms with Crippen molar-refractivity contribution in [1.82, 2.24) is 4.98 Å². The number of pyridine rings is 1. The summed E-state index contributed by atoms with van der Waals surface area (Å²) < 4.78 is 24.8. The zero-order valence-corrected chi connectivity index (χ0v) is 8.28. The minimum Gasteiger partial charge on any atom is -0.481 e. The van der Waals surface area contributed by atoms with Crippen LogP contribution in [-0.2, 0) is 17.8 Å². The molecular formula is C9H11F2N3O2. The van der Waals surface area contributed by atoms with Crippen molar-refractivity contribution in [3.8, 4) is 0 Å². The van der Waals surface area contributed by atoms with Gasteiger partial charge in [0.25, 0.3) is 6.43 Å². The molecule has 0 amide bonds. The van der Waals surface area contributed by atoms with Crippen LogP contribution in [0.4, 0.5) is 14.6 Å². The highest BCUT2D eigenvalue weighted by Gasteiger charge is 2.16. The molecule has 0 radical (unpaired) electrons. The van der Waals surface area contributed by atoms with E-state index >= 15 is 0 Å². The van der Waals surface area contributed by atoms with Crippen LogP contribution < -0.4 is 11.5 Å². The van der Waals surface area contributed by atoms with Crippen molar-refractivity contribution in [2.45, 2.75) is 19.4 Å². The third-order valence-electron chi connectivity index (χ3n) is 2.04. The number of carbonyl (C=O) groups is 1. The molecule has 0 unspecified atom stereocenters. The Morgan fingerprint density at radius 3 is 2.62 bits per heavy atom. The summed E-state index contributed by atoms with van der Waals surface area (Å²) in [6, 6.07) is 1.03. The third kappa shape index (κ3) is 2.63. The quantitative estimate of drug-likeness (QED) is 0.707. The van der Waals surface area contributed by atoms with Crippen LogP contribution in [0.15, 0.2) is 6.07 Å². The van der Waals surface area contributed by atoms with Crippen molar-refractivity contribution >= 4 is 11.8 Å². The van der Waals surface area contributed by atoms with Gasteiger partial charge in [0.2, 0.25) is 0 Å². The molecule has 0 aliphatic heterocycles. The molecule has 0 saturated heterocycles. The average Bonchev–Trinajstić information content (AvgIpc) is 2.16. The molecule has 0 fully saturated rings. The van der Waals surface area contributed by atoms with Gasteiger partial charge >= 0.3 is 5.97 Å². The number of nitrogens with zero attached hydrogens (tertiary/aromatic N) is 1. The lowest BCUT2D eigenvalue weighted by atomic mass is 10.0. The van der Waals surface area contributed by atoms with E-state index in [1.165, 1.54) is 0 Å². The number of aromatic nitrogens is 1. The zero-order chi connectivity index (χ0) is 12.3. The van der Waals surface area contributed by atoms with Crippen molar-refractivity contribution < 1.29 is 18.7 Å². The highest BCUT2D eigenvalue weighted by atomic mass is 19.3. The summed E-state index contributed by atoms with van der Waals surface area (Å²) in [5, 5.41) is 8.62. The monoisotopic (exact) mass is 231 g/mol. The van der Waals surface area contributed by atoms with Gasteiger partial charge in [0, 0.05) is 12.1 Å². The number of alkyl halides is 2. The third-order valence-corrected chi connectivity index (χ3v) is 2.04. The Balaban J connectivity index is 3.24. The van der Waals surface area contributed by atoms with Crippen molar-refractivity contribution in [3.63, 3.8) is 0 Å². The van der Waals surface area contributed by atoms with E-state index in [1.807, 2.05) is 0 Å². The molecule has 1 heterocycles. The molecule has 0 aromatic carbocycles. The van der Waals surface area contributed by atoms with E-state index in [2.05, 4.69) is 4.98 Å². The van der Waals surface area contributed by atoms with E-state index < -0.39 is 24.5 Å². The van der Waals surface area contributed by atoms with Gasteiger partial charge in [-0.25, -0.2) is 13.8 Å². The van der Waals surface area contributed by atoms with Crippen LogP contribution in [-0.4, -0.2) is 16.1 Å². The first-order valence-corrected chi connectivity index (χ1v) is 4.43. The van der Waals surface area contributed by atoms with E-state index in [9.17, 15) is 13.6 Å². The highest BCUT2D eigenvalue weighted by molar-refractivity contribution is 5.71. The largest absolute Gasteiger partial charge is 0.481 e. The zero-order valence-electron chi connectivity index (χ0n) is 8.28. The summed E-state index contributed by atoms with van der Waals surface area (Å²) in [6.07, 6.45) is -3.19. The van der Waals surface area contributed by atoms with Crippen LogP contribution in [0.5, 0.6) is 0 Å². The van der Waals surface area contributed by atoms with Gasteiger partial charge in [0.1, 0.15) is 11.5 Å². The van der Waals surface area contributed by atoms with Gasteiger partial charge in [-0.15, -0.1) is 0 Å². The van der Waals surface area contributed by atoms with Gasteiger partial charge in [-0.3, -0.25) is 4.79 Å². The Morgan fingerprint density at radius 2 is 2.19 bits per heavy atom. The topological polar surface area (TPSA) is 102 Å². The van der Waals surface area contributed by atoms with Crippen molar-refractivity contribution in [3.05, 3.63) is 22.9 Å². The van der Waals surface area contributed by atoms with Gasteiger partial charge < -0.3 is 16.6 Å². The molecule has 5 nitrogen and oxygen atoms in total. The second kappa shape index (κ2) is 4.84. The van der Waals surface area contributed by atoms with Gasteiger partial charge in [-0.2, -0.15) is 0 Å². The minimum atomic E-state index is -2.79. The fourth-order valence-corrected chi connectivity index (χ4v) is 1.34. The molecule has 7 heteroatoms.